The lowest BCUT2D eigenvalue weighted by Gasteiger charge is -2.06. The average Bonchev–Trinajstić information content (AvgIpc) is 2.67. The lowest BCUT2D eigenvalue weighted by Crippen LogP contribution is -2.15. The van der Waals surface area contributed by atoms with Gasteiger partial charge in [0.25, 0.3) is 5.56 Å². The highest BCUT2D eigenvalue weighted by atomic mass is 35.5. The van der Waals surface area contributed by atoms with Crippen molar-refractivity contribution in [2.75, 3.05) is 5.75 Å². The molecule has 0 spiro atoms. The van der Waals surface area contributed by atoms with Gasteiger partial charge in [-0.05, 0) is 36.4 Å². The third-order valence-corrected chi connectivity index (χ3v) is 4.76. The van der Waals surface area contributed by atoms with Crippen molar-refractivity contribution >= 4 is 29.1 Å². The molecule has 1 heterocycles. The molecule has 0 radical (unpaired) electrons. The van der Waals surface area contributed by atoms with Crippen molar-refractivity contribution in [1.29, 1.82) is 5.26 Å². The van der Waals surface area contributed by atoms with Gasteiger partial charge in [-0.15, -0.1) is 0 Å². The molecular formula is C19H11ClFN3O2S. The summed E-state index contributed by atoms with van der Waals surface area (Å²) < 4.78 is 12.9. The molecule has 5 nitrogen and oxygen atoms in total. The Balaban J connectivity index is 1.87. The second-order valence-electron chi connectivity index (χ2n) is 5.43. The first-order valence-corrected chi connectivity index (χ1v) is 9.06. The van der Waals surface area contributed by atoms with Crippen LogP contribution in [0.15, 0.2) is 58.5 Å². The molecule has 0 bridgehead atoms. The maximum atomic E-state index is 12.9. The van der Waals surface area contributed by atoms with E-state index in [0.29, 0.717) is 16.1 Å². The van der Waals surface area contributed by atoms with Gasteiger partial charge in [0, 0.05) is 16.1 Å². The molecule has 3 aromatic rings. The number of nitriles is 1. The number of Topliss-reactive ketones (excluding diaryl/α,β-unsaturated/α-hetero) is 1. The number of carbonyl (C=O) groups is 1. The van der Waals surface area contributed by atoms with Crippen molar-refractivity contribution in [1.82, 2.24) is 9.97 Å². The number of hydrogen-bond acceptors (Lipinski definition) is 5. The summed E-state index contributed by atoms with van der Waals surface area (Å²) in [6.45, 7) is 0. The first kappa shape index (κ1) is 18.8. The summed E-state index contributed by atoms with van der Waals surface area (Å²) in [5.74, 6) is -0.662. The van der Waals surface area contributed by atoms with Gasteiger partial charge in [0.2, 0.25) is 0 Å². The number of aromatic amines is 1. The Labute approximate surface area is 162 Å². The third-order valence-electron chi connectivity index (χ3n) is 3.63. The molecule has 0 saturated carbocycles. The normalized spacial score (nSPS) is 10.4. The van der Waals surface area contributed by atoms with E-state index in [4.69, 9.17) is 11.6 Å². The molecule has 2 aromatic carbocycles. The Bertz CT molecular complexity index is 1090. The molecule has 0 amide bonds. The van der Waals surface area contributed by atoms with Crippen LogP contribution in [0.3, 0.4) is 0 Å². The molecule has 3 rings (SSSR count). The lowest BCUT2D eigenvalue weighted by molar-refractivity contribution is 0.102. The van der Waals surface area contributed by atoms with Gasteiger partial charge in [0.15, 0.2) is 10.9 Å². The van der Waals surface area contributed by atoms with Crippen LogP contribution in [0.4, 0.5) is 4.39 Å². The van der Waals surface area contributed by atoms with Gasteiger partial charge in [-0.2, -0.15) is 5.26 Å². The molecule has 1 aromatic heterocycles. The Morgan fingerprint density at radius 2 is 1.85 bits per heavy atom. The van der Waals surface area contributed by atoms with Crippen molar-refractivity contribution in [3.63, 3.8) is 0 Å². The number of hydrogen-bond donors (Lipinski definition) is 1. The summed E-state index contributed by atoms with van der Waals surface area (Å²) in [5.41, 5.74) is 0.432. The highest BCUT2D eigenvalue weighted by Gasteiger charge is 2.15. The maximum absolute atomic E-state index is 12.9. The van der Waals surface area contributed by atoms with Gasteiger partial charge in [-0.3, -0.25) is 9.59 Å². The molecular weight excluding hydrogens is 389 g/mol. The van der Waals surface area contributed by atoms with E-state index in [1.165, 1.54) is 24.3 Å². The van der Waals surface area contributed by atoms with Gasteiger partial charge in [0.05, 0.1) is 11.4 Å². The number of thioether (sulfide) groups is 1. The summed E-state index contributed by atoms with van der Waals surface area (Å²) in [6.07, 6.45) is 0. The SMILES string of the molecule is N#Cc1c(-c2ccc(Cl)cc2)nc(SCC(=O)c2ccc(F)cc2)[nH]c1=O. The number of halogens is 2. The van der Waals surface area contributed by atoms with Gasteiger partial charge >= 0.3 is 0 Å². The highest BCUT2D eigenvalue weighted by molar-refractivity contribution is 7.99. The quantitative estimate of drug-likeness (QED) is 0.397. The fourth-order valence-corrected chi connectivity index (χ4v) is 3.18. The number of rotatable bonds is 5. The van der Waals surface area contributed by atoms with Crippen LogP contribution >= 0.6 is 23.4 Å². The van der Waals surface area contributed by atoms with Gasteiger partial charge in [-0.25, -0.2) is 9.37 Å². The Morgan fingerprint density at radius 1 is 1.19 bits per heavy atom. The first-order valence-electron chi connectivity index (χ1n) is 7.70. The number of aromatic nitrogens is 2. The summed E-state index contributed by atoms with van der Waals surface area (Å²) >= 11 is 6.90. The van der Waals surface area contributed by atoms with E-state index in [2.05, 4.69) is 9.97 Å². The van der Waals surface area contributed by atoms with E-state index in [-0.39, 0.29) is 27.9 Å². The van der Waals surface area contributed by atoms with E-state index in [9.17, 15) is 19.2 Å². The number of ketones is 1. The van der Waals surface area contributed by atoms with Crippen LogP contribution in [0.5, 0.6) is 0 Å². The standard InChI is InChI=1S/C19H11ClFN3O2S/c20-13-5-1-12(2-6-13)17-15(9-22)18(26)24-19(23-17)27-10-16(25)11-3-7-14(21)8-4-11/h1-8H,10H2,(H,23,24,26). The molecule has 0 atom stereocenters. The van der Waals surface area contributed by atoms with E-state index in [1.807, 2.05) is 6.07 Å². The van der Waals surface area contributed by atoms with E-state index < -0.39 is 11.4 Å². The molecule has 8 heteroatoms. The fourth-order valence-electron chi connectivity index (χ4n) is 2.29. The van der Waals surface area contributed by atoms with E-state index in [1.54, 1.807) is 24.3 Å². The van der Waals surface area contributed by atoms with Gasteiger partial charge < -0.3 is 4.98 Å². The van der Waals surface area contributed by atoms with Crippen LogP contribution in [0.2, 0.25) is 5.02 Å². The maximum Gasteiger partial charge on any atom is 0.270 e. The summed E-state index contributed by atoms with van der Waals surface area (Å²) in [5, 5.41) is 9.99. The van der Waals surface area contributed by atoms with Crippen LogP contribution in [0.25, 0.3) is 11.3 Å². The molecule has 1 N–H and O–H groups in total. The predicted octanol–water partition coefficient (Wildman–Crippen LogP) is 4.08. The zero-order valence-corrected chi connectivity index (χ0v) is 15.3. The minimum Gasteiger partial charge on any atom is -0.300 e. The number of carbonyl (C=O) groups excluding carboxylic acids is 1. The van der Waals surface area contributed by atoms with E-state index in [0.717, 1.165) is 11.8 Å². The van der Waals surface area contributed by atoms with Crippen LogP contribution in [0, 0.1) is 17.1 Å². The molecule has 0 aliphatic heterocycles. The molecule has 27 heavy (non-hydrogen) atoms. The zero-order valence-electron chi connectivity index (χ0n) is 13.7. The monoisotopic (exact) mass is 399 g/mol. The molecule has 0 saturated heterocycles. The Hall–Kier alpha value is -2.95. The average molecular weight is 400 g/mol. The predicted molar refractivity (Wildman–Crippen MR) is 101 cm³/mol. The van der Waals surface area contributed by atoms with Gasteiger partial charge in [0.1, 0.15) is 17.4 Å². The van der Waals surface area contributed by atoms with Crippen LogP contribution < -0.4 is 5.56 Å². The Kier molecular flexibility index (Phi) is 5.69. The van der Waals surface area contributed by atoms with Crippen molar-refractivity contribution in [2.24, 2.45) is 0 Å². The van der Waals surface area contributed by atoms with Crippen molar-refractivity contribution < 1.29 is 9.18 Å². The van der Waals surface area contributed by atoms with Crippen LogP contribution in [-0.2, 0) is 0 Å². The zero-order chi connectivity index (χ0) is 19.4. The number of nitrogens with zero attached hydrogens (tertiary/aromatic N) is 2. The summed E-state index contributed by atoms with van der Waals surface area (Å²) in [6, 6.07) is 13.6. The van der Waals surface area contributed by atoms with Crippen LogP contribution in [-0.4, -0.2) is 21.5 Å². The molecule has 0 aliphatic carbocycles. The van der Waals surface area contributed by atoms with Gasteiger partial charge in [-0.1, -0.05) is 35.5 Å². The smallest absolute Gasteiger partial charge is 0.270 e. The second kappa shape index (κ2) is 8.16. The summed E-state index contributed by atoms with van der Waals surface area (Å²) in [7, 11) is 0. The minimum atomic E-state index is -0.589. The lowest BCUT2D eigenvalue weighted by atomic mass is 10.1. The Morgan fingerprint density at radius 3 is 2.48 bits per heavy atom. The number of nitrogens with one attached hydrogen (secondary N) is 1. The minimum absolute atomic E-state index is 0.000526. The fraction of sp³-hybridized carbons (Fsp3) is 0.0526. The van der Waals surface area contributed by atoms with Crippen LogP contribution in [0.1, 0.15) is 15.9 Å². The second-order valence-corrected chi connectivity index (χ2v) is 6.83. The number of H-pyrrole nitrogens is 1. The largest absolute Gasteiger partial charge is 0.300 e. The number of benzene rings is 2. The molecule has 0 fully saturated rings. The van der Waals surface area contributed by atoms with E-state index >= 15 is 0 Å². The summed E-state index contributed by atoms with van der Waals surface area (Å²) in [4.78, 5) is 31.2. The van der Waals surface area contributed by atoms with Crippen molar-refractivity contribution in [3.8, 4) is 17.3 Å². The first-order chi connectivity index (χ1) is 13.0. The van der Waals surface area contributed by atoms with Crippen molar-refractivity contribution in [3.05, 3.63) is 80.9 Å². The molecule has 0 unspecified atom stereocenters. The topological polar surface area (TPSA) is 86.6 Å². The molecule has 0 aliphatic rings. The van der Waals surface area contributed by atoms with Crippen molar-refractivity contribution in [2.45, 2.75) is 5.16 Å². The highest BCUT2D eigenvalue weighted by Crippen LogP contribution is 2.24. The molecule has 134 valence electrons. The third kappa shape index (κ3) is 4.42.